The molecule has 0 heterocycles. The number of rotatable bonds is 2. The molecular formula is C9H15N3O3. The van der Waals surface area contributed by atoms with Crippen molar-refractivity contribution in [1.29, 1.82) is 0 Å². The molecule has 0 atom stereocenters. The molecule has 0 aromatic heterocycles. The third-order valence-corrected chi connectivity index (χ3v) is 1.73. The Hall–Kier alpha value is -1.82. The van der Waals surface area contributed by atoms with Gasteiger partial charge in [-0.2, -0.15) is 0 Å². The topological polar surface area (TPSA) is 69.9 Å². The van der Waals surface area contributed by atoms with Crippen LogP contribution in [0, 0.1) is 10.1 Å². The quantitative estimate of drug-likeness (QED) is 0.591. The van der Waals surface area contributed by atoms with Crippen molar-refractivity contribution < 1.29 is 10.3 Å². The van der Waals surface area contributed by atoms with Crippen LogP contribution >= 0.6 is 0 Å². The smallest absolute Gasteiger partial charge is 0.291 e. The molecule has 15 heavy (non-hydrogen) atoms. The van der Waals surface area contributed by atoms with Crippen molar-refractivity contribution in [2.75, 3.05) is 26.2 Å². The Morgan fingerprint density at radius 2 is 1.60 bits per heavy atom. The molecule has 0 spiro atoms. The summed E-state index contributed by atoms with van der Waals surface area (Å²) in [6.07, 6.45) is 0. The van der Waals surface area contributed by atoms with Gasteiger partial charge in [0.05, 0.1) is 5.69 Å². The van der Waals surface area contributed by atoms with E-state index >= 15 is 0 Å². The molecule has 0 fully saturated rings. The number of nitrogens with zero attached hydrogens (tertiary/aromatic N) is 3. The van der Waals surface area contributed by atoms with Crippen LogP contribution in [0.1, 0.15) is 0 Å². The van der Waals surface area contributed by atoms with E-state index in [0.29, 0.717) is 0 Å². The van der Waals surface area contributed by atoms with Crippen molar-refractivity contribution >= 4 is 5.69 Å². The Bertz CT molecular complexity index is 286. The number of benzene rings is 1. The van der Waals surface area contributed by atoms with Gasteiger partial charge in [-0.05, 0) is 12.1 Å². The van der Waals surface area contributed by atoms with Crippen molar-refractivity contribution in [2.45, 2.75) is 0 Å². The molecule has 1 aromatic carbocycles. The summed E-state index contributed by atoms with van der Waals surface area (Å²) in [5, 5.41) is 17.8. The van der Waals surface area contributed by atoms with Gasteiger partial charge in [-0.3, -0.25) is 0 Å². The predicted octanol–water partition coefficient (Wildman–Crippen LogP) is 1.25. The van der Waals surface area contributed by atoms with E-state index in [-0.39, 0.29) is 0 Å². The zero-order chi connectivity index (χ0) is 11.8. The summed E-state index contributed by atoms with van der Waals surface area (Å²) >= 11 is 0. The van der Waals surface area contributed by atoms with Crippen LogP contribution in [0.4, 0.5) is 5.69 Å². The van der Waals surface area contributed by atoms with E-state index in [9.17, 15) is 0 Å². The van der Waals surface area contributed by atoms with Gasteiger partial charge in [-0.15, -0.1) is 10.1 Å². The first-order chi connectivity index (χ1) is 6.95. The molecule has 0 saturated carbocycles. The first-order valence-corrected chi connectivity index (χ1v) is 4.24. The summed E-state index contributed by atoms with van der Waals surface area (Å²) in [6.45, 7) is 0. The summed E-state index contributed by atoms with van der Waals surface area (Å²) < 4.78 is 0. The minimum atomic E-state index is -1.50. The molecule has 1 aromatic rings. The average molecular weight is 213 g/mol. The lowest BCUT2D eigenvalue weighted by atomic mass is 10.3. The average Bonchev–Trinajstić information content (AvgIpc) is 2.17. The highest BCUT2D eigenvalue weighted by atomic mass is 16.9. The Labute approximate surface area is 88.4 Å². The molecule has 1 N–H and O–H groups in total. The minimum Gasteiger partial charge on any atom is -0.328 e. The molecule has 6 heteroatoms. The molecular weight excluding hydrogens is 198 g/mol. The summed E-state index contributed by atoms with van der Waals surface area (Å²) in [5.41, 5.74) is 1.21. The van der Waals surface area contributed by atoms with Crippen LogP contribution in [-0.2, 0) is 0 Å². The summed E-state index contributed by atoms with van der Waals surface area (Å²) in [5.74, 6) is 0. The molecule has 0 aliphatic rings. The second-order valence-electron chi connectivity index (χ2n) is 2.94. The van der Waals surface area contributed by atoms with E-state index in [1.54, 1.807) is 0 Å². The van der Waals surface area contributed by atoms with E-state index < -0.39 is 5.09 Å². The lowest BCUT2D eigenvalue weighted by Gasteiger charge is -2.26. The van der Waals surface area contributed by atoms with Crippen LogP contribution < -0.4 is 5.01 Å². The monoisotopic (exact) mass is 213 g/mol. The molecule has 0 bridgehead atoms. The largest absolute Gasteiger partial charge is 0.328 e. The normalized spacial score (nSPS) is 9.07. The van der Waals surface area contributed by atoms with Crippen LogP contribution in [0.15, 0.2) is 30.3 Å². The lowest BCUT2D eigenvalue weighted by molar-refractivity contribution is -0.742. The van der Waals surface area contributed by atoms with Crippen LogP contribution in [0.5, 0.6) is 0 Å². The van der Waals surface area contributed by atoms with Gasteiger partial charge in [0.2, 0.25) is 0 Å². The second kappa shape index (κ2) is 6.61. The second-order valence-corrected chi connectivity index (χ2v) is 2.94. The third-order valence-electron chi connectivity index (χ3n) is 1.73. The lowest BCUT2D eigenvalue weighted by Crippen LogP contribution is -2.32. The molecule has 0 saturated heterocycles. The first kappa shape index (κ1) is 13.2. The predicted molar refractivity (Wildman–Crippen MR) is 57.3 cm³/mol. The highest BCUT2D eigenvalue weighted by Crippen LogP contribution is 2.10. The van der Waals surface area contributed by atoms with Crippen LogP contribution in [0.3, 0.4) is 0 Å². The zero-order valence-electron chi connectivity index (χ0n) is 8.99. The fourth-order valence-electron chi connectivity index (χ4n) is 0.875. The fraction of sp³-hybridized carbons (Fsp3) is 0.333. The maximum Gasteiger partial charge on any atom is 0.291 e. The first-order valence-electron chi connectivity index (χ1n) is 4.24. The Morgan fingerprint density at radius 3 is 1.93 bits per heavy atom. The molecule has 0 amide bonds. The highest BCUT2D eigenvalue weighted by molar-refractivity contribution is 5.43. The SMILES string of the molecule is CN(C)N(C)c1ccccc1.O=[N+]([O-])O. The van der Waals surface area contributed by atoms with Gasteiger partial charge in [0.25, 0.3) is 5.09 Å². The van der Waals surface area contributed by atoms with E-state index in [4.69, 9.17) is 15.3 Å². The van der Waals surface area contributed by atoms with Crippen LogP contribution in [0.2, 0.25) is 0 Å². The van der Waals surface area contributed by atoms with E-state index in [1.807, 2.05) is 44.4 Å². The minimum absolute atomic E-state index is 1.21. The number of hydrogen-bond acceptors (Lipinski definition) is 4. The van der Waals surface area contributed by atoms with Gasteiger partial charge in [0.1, 0.15) is 0 Å². The van der Waals surface area contributed by atoms with Gasteiger partial charge >= 0.3 is 0 Å². The van der Waals surface area contributed by atoms with E-state index in [0.717, 1.165) is 0 Å². The van der Waals surface area contributed by atoms with Crippen molar-refractivity contribution in [3.05, 3.63) is 40.4 Å². The Balaban J connectivity index is 0.000000423. The van der Waals surface area contributed by atoms with Crippen LogP contribution in [0.25, 0.3) is 0 Å². The molecule has 0 radical (unpaired) electrons. The third kappa shape index (κ3) is 6.28. The molecule has 1 rings (SSSR count). The molecule has 6 nitrogen and oxygen atoms in total. The van der Waals surface area contributed by atoms with E-state index in [2.05, 4.69) is 17.1 Å². The van der Waals surface area contributed by atoms with Crippen molar-refractivity contribution in [1.82, 2.24) is 5.01 Å². The molecule has 84 valence electrons. The van der Waals surface area contributed by atoms with Crippen molar-refractivity contribution in [3.8, 4) is 0 Å². The number of anilines is 1. The maximum absolute atomic E-state index is 8.36. The maximum atomic E-state index is 8.36. The number of hydrogen-bond donors (Lipinski definition) is 1. The van der Waals surface area contributed by atoms with Crippen molar-refractivity contribution in [3.63, 3.8) is 0 Å². The van der Waals surface area contributed by atoms with Gasteiger partial charge in [-0.25, -0.2) is 5.01 Å². The summed E-state index contributed by atoms with van der Waals surface area (Å²) in [6, 6.07) is 10.3. The summed E-state index contributed by atoms with van der Waals surface area (Å²) in [7, 11) is 6.08. The standard InChI is InChI=1S/C9H14N2.HNO3/c1-10(2)11(3)9-7-5-4-6-8-9;2-1(3)4/h4-8H,1-3H3;(H,2,3,4). The van der Waals surface area contributed by atoms with Crippen LogP contribution in [-0.4, -0.2) is 36.4 Å². The Morgan fingerprint density at radius 1 is 1.20 bits per heavy atom. The molecule has 0 aliphatic carbocycles. The molecule has 0 aliphatic heterocycles. The highest BCUT2D eigenvalue weighted by Gasteiger charge is 1.99. The number of hydrazine groups is 1. The van der Waals surface area contributed by atoms with Gasteiger partial charge in [0.15, 0.2) is 0 Å². The zero-order valence-corrected chi connectivity index (χ0v) is 8.99. The van der Waals surface area contributed by atoms with Gasteiger partial charge in [-0.1, -0.05) is 18.2 Å². The van der Waals surface area contributed by atoms with Crippen molar-refractivity contribution in [2.24, 2.45) is 0 Å². The molecule has 0 unspecified atom stereocenters. The van der Waals surface area contributed by atoms with Gasteiger partial charge < -0.3 is 10.2 Å². The van der Waals surface area contributed by atoms with E-state index in [1.165, 1.54) is 5.69 Å². The number of para-hydroxylation sites is 1. The van der Waals surface area contributed by atoms with Gasteiger partial charge in [0, 0.05) is 21.1 Å². The summed E-state index contributed by atoms with van der Waals surface area (Å²) in [4.78, 5) is 8.36. The fourth-order valence-corrected chi connectivity index (χ4v) is 0.875. The Kier molecular flexibility index (Phi) is 5.81.